The van der Waals surface area contributed by atoms with Crippen LogP contribution < -0.4 is 15.6 Å². The number of aromatic amines is 1. The number of benzene rings is 3. The highest BCUT2D eigenvalue weighted by atomic mass is 127. The van der Waals surface area contributed by atoms with Crippen LogP contribution in [-0.4, -0.2) is 61.3 Å². The smallest absolute Gasteiger partial charge is 0.280 e. The van der Waals surface area contributed by atoms with Crippen LogP contribution in [0.15, 0.2) is 96.1 Å². The Morgan fingerprint density at radius 1 is 1.05 bits per heavy atom. The van der Waals surface area contributed by atoms with E-state index in [1.165, 1.54) is 18.0 Å². The Kier molecular flexibility index (Phi) is 7.94. The summed E-state index contributed by atoms with van der Waals surface area (Å²) in [4.78, 5) is 25.1. The Morgan fingerprint density at radius 3 is 2.19 bits per heavy atom. The lowest BCUT2D eigenvalue weighted by molar-refractivity contribution is -0.236. The van der Waals surface area contributed by atoms with Gasteiger partial charge in [0.15, 0.2) is 23.6 Å². The number of hydrogen-bond donors (Lipinski definition) is 3. The molecule has 6 rings (SSSR count). The van der Waals surface area contributed by atoms with Gasteiger partial charge in [-0.05, 0) is 28.8 Å². The van der Waals surface area contributed by atoms with Crippen molar-refractivity contribution in [3.05, 3.63) is 118 Å². The van der Waals surface area contributed by atoms with Crippen LogP contribution in [0.3, 0.4) is 0 Å². The van der Waals surface area contributed by atoms with Gasteiger partial charge in [-0.3, -0.25) is 14.3 Å². The number of H-pyrrole nitrogens is 1. The van der Waals surface area contributed by atoms with Crippen LogP contribution in [0.5, 0.6) is 5.75 Å². The van der Waals surface area contributed by atoms with Gasteiger partial charge in [-0.2, -0.15) is 4.98 Å². The molecule has 2 aromatic heterocycles. The maximum atomic E-state index is 15.5. The first kappa shape index (κ1) is 29.2. The molecule has 0 radical (unpaired) electrons. The molecule has 5 aromatic rings. The number of ether oxygens (including phenoxy) is 3. The standard InChI is InChI=1S/C31H29FIN5O5/c1-41-22-15-13-21(14-16-22)31(19-9-5-3-6-10-19,20-11-7-4-8-12-20)37-29-35-26-24(27(40)36-29)34-18-38(26)28-23(32)25(39)30(17-33,42-2)43-28/h3-16,18,23,25,28,39H,17H2,1-2H3,(H2,35,36,37,40)/t23-,25+,28-,30-/m1/s1. The predicted octanol–water partition coefficient (Wildman–Crippen LogP) is 4.54. The Bertz CT molecular complexity index is 1720. The molecular formula is C31H29FIN5O5. The number of nitrogens with one attached hydrogen (secondary N) is 2. The fourth-order valence-electron chi connectivity index (χ4n) is 5.56. The Hall–Kier alpha value is -3.85. The minimum atomic E-state index is -1.86. The molecule has 10 nitrogen and oxygen atoms in total. The predicted molar refractivity (Wildman–Crippen MR) is 167 cm³/mol. The van der Waals surface area contributed by atoms with Gasteiger partial charge in [-0.25, -0.2) is 9.37 Å². The molecular weight excluding hydrogens is 668 g/mol. The van der Waals surface area contributed by atoms with E-state index in [9.17, 15) is 9.90 Å². The average molecular weight is 698 g/mol. The first-order valence-corrected chi connectivity index (χ1v) is 15.0. The van der Waals surface area contributed by atoms with Crippen LogP contribution in [-0.2, 0) is 15.0 Å². The molecule has 222 valence electrons. The van der Waals surface area contributed by atoms with Crippen molar-refractivity contribution in [1.29, 1.82) is 0 Å². The van der Waals surface area contributed by atoms with E-state index in [1.54, 1.807) is 7.11 Å². The summed E-state index contributed by atoms with van der Waals surface area (Å²) < 4.78 is 33.7. The summed E-state index contributed by atoms with van der Waals surface area (Å²) in [6, 6.07) is 27.2. The number of imidazole rings is 1. The molecule has 0 amide bonds. The van der Waals surface area contributed by atoms with Crippen molar-refractivity contribution in [3.8, 4) is 5.75 Å². The number of rotatable bonds is 9. The zero-order valence-electron chi connectivity index (χ0n) is 23.3. The number of methoxy groups -OCH3 is 2. The highest BCUT2D eigenvalue weighted by Crippen LogP contribution is 2.42. The highest BCUT2D eigenvalue weighted by molar-refractivity contribution is 14.1. The van der Waals surface area contributed by atoms with Gasteiger partial charge < -0.3 is 24.6 Å². The fraction of sp³-hybridized carbons (Fsp3) is 0.258. The topological polar surface area (TPSA) is 124 Å². The molecule has 0 unspecified atom stereocenters. The largest absolute Gasteiger partial charge is 0.497 e. The lowest BCUT2D eigenvalue weighted by Gasteiger charge is -2.37. The fourth-order valence-corrected chi connectivity index (χ4v) is 6.51. The van der Waals surface area contributed by atoms with Crippen molar-refractivity contribution in [2.24, 2.45) is 0 Å². The summed E-state index contributed by atoms with van der Waals surface area (Å²) in [6.07, 6.45) is -3.47. The summed E-state index contributed by atoms with van der Waals surface area (Å²) in [5.41, 5.74) is 1.11. The monoisotopic (exact) mass is 697 g/mol. The van der Waals surface area contributed by atoms with Crippen LogP contribution in [0.25, 0.3) is 11.2 Å². The van der Waals surface area contributed by atoms with E-state index in [0.717, 1.165) is 16.7 Å². The van der Waals surface area contributed by atoms with Gasteiger partial charge in [0, 0.05) is 7.11 Å². The normalized spacial score (nSPS) is 22.1. The molecule has 0 bridgehead atoms. The Labute approximate surface area is 260 Å². The molecule has 0 spiro atoms. The van der Waals surface area contributed by atoms with Gasteiger partial charge >= 0.3 is 0 Å². The third-order valence-electron chi connectivity index (χ3n) is 7.83. The molecule has 3 N–H and O–H groups in total. The van der Waals surface area contributed by atoms with Gasteiger partial charge in [-0.15, -0.1) is 0 Å². The number of nitrogens with zero attached hydrogens (tertiary/aromatic N) is 3. The number of anilines is 1. The first-order valence-electron chi connectivity index (χ1n) is 13.5. The molecule has 1 saturated heterocycles. The third kappa shape index (κ3) is 4.87. The molecule has 3 aromatic carbocycles. The van der Waals surface area contributed by atoms with Crippen molar-refractivity contribution in [3.63, 3.8) is 0 Å². The van der Waals surface area contributed by atoms with Gasteiger partial charge in [0.1, 0.15) is 17.4 Å². The number of fused-ring (bicyclic) bond motifs is 1. The quantitative estimate of drug-likeness (QED) is 0.117. The molecule has 0 saturated carbocycles. The maximum absolute atomic E-state index is 15.5. The van der Waals surface area contributed by atoms with Crippen LogP contribution in [0.4, 0.5) is 10.3 Å². The van der Waals surface area contributed by atoms with Crippen LogP contribution in [0.1, 0.15) is 22.9 Å². The second-order valence-electron chi connectivity index (χ2n) is 10.1. The Balaban J connectivity index is 1.53. The molecule has 1 aliphatic rings. The lowest BCUT2D eigenvalue weighted by atomic mass is 9.77. The third-order valence-corrected chi connectivity index (χ3v) is 8.89. The van der Waals surface area contributed by atoms with Crippen LogP contribution in [0.2, 0.25) is 0 Å². The summed E-state index contributed by atoms with van der Waals surface area (Å²) in [5, 5.41) is 14.2. The highest BCUT2D eigenvalue weighted by Gasteiger charge is 2.56. The zero-order valence-corrected chi connectivity index (χ0v) is 25.4. The van der Waals surface area contributed by atoms with Crippen molar-refractivity contribution in [1.82, 2.24) is 19.5 Å². The minimum absolute atomic E-state index is 0.00491. The zero-order chi connectivity index (χ0) is 30.2. The number of aromatic nitrogens is 4. The average Bonchev–Trinajstić information content (AvgIpc) is 3.59. The van der Waals surface area contributed by atoms with Crippen molar-refractivity contribution < 1.29 is 23.7 Å². The minimum Gasteiger partial charge on any atom is -0.497 e. The lowest BCUT2D eigenvalue weighted by Crippen LogP contribution is -2.45. The van der Waals surface area contributed by atoms with E-state index in [2.05, 4.69) is 15.3 Å². The van der Waals surface area contributed by atoms with E-state index in [-0.39, 0.29) is 21.5 Å². The van der Waals surface area contributed by atoms with E-state index >= 15 is 4.39 Å². The summed E-state index contributed by atoms with van der Waals surface area (Å²) in [7, 11) is 2.95. The van der Waals surface area contributed by atoms with Crippen molar-refractivity contribution in [2.45, 2.75) is 29.8 Å². The van der Waals surface area contributed by atoms with Gasteiger partial charge in [0.25, 0.3) is 5.56 Å². The second-order valence-corrected chi connectivity index (χ2v) is 10.9. The Morgan fingerprint density at radius 2 is 1.65 bits per heavy atom. The molecule has 12 heteroatoms. The van der Waals surface area contributed by atoms with E-state index in [1.807, 2.05) is 108 Å². The van der Waals surface area contributed by atoms with Crippen molar-refractivity contribution >= 4 is 39.7 Å². The molecule has 1 fully saturated rings. The molecule has 3 heterocycles. The summed E-state index contributed by atoms with van der Waals surface area (Å²) in [6.45, 7) is 0. The number of hydrogen-bond acceptors (Lipinski definition) is 8. The van der Waals surface area contributed by atoms with Gasteiger partial charge in [0.2, 0.25) is 11.7 Å². The van der Waals surface area contributed by atoms with E-state index in [4.69, 9.17) is 19.2 Å². The number of aliphatic hydroxyl groups is 1. The van der Waals surface area contributed by atoms with Crippen molar-refractivity contribution in [2.75, 3.05) is 24.0 Å². The molecule has 4 atom stereocenters. The summed E-state index contributed by atoms with van der Waals surface area (Å²) in [5.74, 6) is -0.759. The molecule has 1 aliphatic heterocycles. The molecule has 0 aliphatic carbocycles. The number of aliphatic hydroxyl groups excluding tert-OH is 1. The number of alkyl halides is 2. The van der Waals surface area contributed by atoms with E-state index in [0.29, 0.717) is 5.75 Å². The van der Waals surface area contributed by atoms with Gasteiger partial charge in [-0.1, -0.05) is 95.4 Å². The maximum Gasteiger partial charge on any atom is 0.280 e. The molecule has 43 heavy (non-hydrogen) atoms. The van der Waals surface area contributed by atoms with E-state index < -0.39 is 35.4 Å². The second kappa shape index (κ2) is 11.7. The SMILES string of the molecule is COc1ccc(C(Nc2nc3c(ncn3[C@@H]3O[C@@](CI)(OC)[C@@H](O)[C@H]3F)c(=O)[nH]2)(c2ccccc2)c2ccccc2)cc1. The number of halogens is 2. The first-order chi connectivity index (χ1) is 20.9. The van der Waals surface area contributed by atoms with Crippen LogP contribution >= 0.6 is 22.6 Å². The summed E-state index contributed by atoms with van der Waals surface area (Å²) >= 11 is 1.97. The van der Waals surface area contributed by atoms with Gasteiger partial charge in [0.05, 0.1) is 17.9 Å². The van der Waals surface area contributed by atoms with Crippen LogP contribution in [0, 0.1) is 0 Å².